The Hall–Kier alpha value is -3.28. The Labute approximate surface area is 165 Å². The summed E-state index contributed by atoms with van der Waals surface area (Å²) in [6, 6.07) is 17.5. The Morgan fingerprint density at radius 3 is 2.57 bits per heavy atom. The van der Waals surface area contributed by atoms with E-state index < -0.39 is 0 Å². The summed E-state index contributed by atoms with van der Waals surface area (Å²) >= 11 is 0. The van der Waals surface area contributed by atoms with Gasteiger partial charge in [-0.3, -0.25) is 4.79 Å². The number of likely N-dealkylation sites (N-methyl/N-ethyl adjacent to an activating group) is 1. The third kappa shape index (κ3) is 4.52. The third-order valence-corrected chi connectivity index (χ3v) is 4.66. The van der Waals surface area contributed by atoms with E-state index in [4.69, 9.17) is 4.74 Å². The topological polar surface area (TPSA) is 59.4 Å². The number of aromatic nitrogens is 2. The summed E-state index contributed by atoms with van der Waals surface area (Å²) in [4.78, 5) is 14.7. The molecule has 0 saturated heterocycles. The largest absolute Gasteiger partial charge is 0.497 e. The summed E-state index contributed by atoms with van der Waals surface area (Å²) in [5, 5.41) is 7.34. The second-order valence-corrected chi connectivity index (χ2v) is 6.47. The molecule has 0 bridgehead atoms. The third-order valence-electron chi connectivity index (χ3n) is 4.66. The molecule has 0 saturated carbocycles. The molecule has 28 heavy (non-hydrogen) atoms. The number of rotatable bonds is 8. The summed E-state index contributed by atoms with van der Waals surface area (Å²) in [5.41, 5.74) is 3.70. The van der Waals surface area contributed by atoms with Gasteiger partial charge in [-0.15, -0.1) is 0 Å². The molecule has 0 spiro atoms. The van der Waals surface area contributed by atoms with Crippen molar-refractivity contribution in [3.63, 3.8) is 0 Å². The molecule has 0 radical (unpaired) electrons. The van der Waals surface area contributed by atoms with E-state index in [2.05, 4.69) is 41.3 Å². The number of hydrogen-bond donors (Lipinski definition) is 1. The van der Waals surface area contributed by atoms with Crippen molar-refractivity contribution in [2.24, 2.45) is 0 Å². The van der Waals surface area contributed by atoms with Gasteiger partial charge in [-0.25, -0.2) is 4.68 Å². The van der Waals surface area contributed by atoms with E-state index in [0.29, 0.717) is 12.2 Å². The molecule has 3 rings (SSSR count). The van der Waals surface area contributed by atoms with Crippen LogP contribution < -0.4 is 15.0 Å². The molecular formula is C22H26N4O2. The normalized spacial score (nSPS) is 10.5. The van der Waals surface area contributed by atoms with Gasteiger partial charge < -0.3 is 15.0 Å². The molecule has 6 heteroatoms. The standard InChI is InChI=1S/C22H26N4O2/c1-4-25(21-8-6-5-7-17(21)2)16-14-23-22(27)20-13-15-26(24-20)18-9-11-19(28-3)12-10-18/h5-13,15H,4,14,16H2,1-3H3,(H,23,27). The van der Waals surface area contributed by atoms with Gasteiger partial charge in [0.25, 0.3) is 5.91 Å². The van der Waals surface area contributed by atoms with E-state index in [-0.39, 0.29) is 5.91 Å². The van der Waals surface area contributed by atoms with Crippen molar-refractivity contribution in [1.82, 2.24) is 15.1 Å². The van der Waals surface area contributed by atoms with E-state index in [0.717, 1.165) is 24.5 Å². The monoisotopic (exact) mass is 378 g/mol. The van der Waals surface area contributed by atoms with E-state index in [9.17, 15) is 4.79 Å². The lowest BCUT2D eigenvalue weighted by atomic mass is 10.2. The highest BCUT2D eigenvalue weighted by molar-refractivity contribution is 5.92. The molecule has 0 fully saturated rings. The average molecular weight is 378 g/mol. The quantitative estimate of drug-likeness (QED) is 0.652. The van der Waals surface area contributed by atoms with Crippen LogP contribution in [0.1, 0.15) is 23.0 Å². The number of methoxy groups -OCH3 is 1. The van der Waals surface area contributed by atoms with Crippen molar-refractivity contribution >= 4 is 11.6 Å². The maximum atomic E-state index is 12.4. The number of nitrogens with one attached hydrogen (secondary N) is 1. The fourth-order valence-electron chi connectivity index (χ4n) is 3.09. The van der Waals surface area contributed by atoms with Crippen LogP contribution in [0.5, 0.6) is 5.75 Å². The highest BCUT2D eigenvalue weighted by atomic mass is 16.5. The lowest BCUT2D eigenvalue weighted by Crippen LogP contribution is -2.35. The summed E-state index contributed by atoms with van der Waals surface area (Å²) in [5.74, 6) is 0.608. The van der Waals surface area contributed by atoms with Crippen molar-refractivity contribution in [1.29, 1.82) is 0 Å². The van der Waals surface area contributed by atoms with Gasteiger partial charge in [-0.2, -0.15) is 5.10 Å². The van der Waals surface area contributed by atoms with Crippen LogP contribution in [-0.2, 0) is 0 Å². The Morgan fingerprint density at radius 1 is 1.14 bits per heavy atom. The highest BCUT2D eigenvalue weighted by Crippen LogP contribution is 2.18. The molecule has 6 nitrogen and oxygen atoms in total. The van der Waals surface area contributed by atoms with Crippen molar-refractivity contribution in [2.45, 2.75) is 13.8 Å². The molecule has 0 aliphatic rings. The van der Waals surface area contributed by atoms with Crippen molar-refractivity contribution < 1.29 is 9.53 Å². The summed E-state index contributed by atoms with van der Waals surface area (Å²) in [7, 11) is 1.63. The average Bonchev–Trinajstić information content (AvgIpc) is 3.22. The molecule has 3 aromatic rings. The molecular weight excluding hydrogens is 352 g/mol. The van der Waals surface area contributed by atoms with Gasteiger partial charge in [0.2, 0.25) is 0 Å². The summed E-state index contributed by atoms with van der Waals surface area (Å²) in [6.45, 7) is 6.39. The number of benzene rings is 2. The van der Waals surface area contributed by atoms with Gasteiger partial charge >= 0.3 is 0 Å². The minimum absolute atomic E-state index is 0.173. The smallest absolute Gasteiger partial charge is 0.271 e. The Kier molecular flexibility index (Phi) is 6.32. The molecule has 1 amide bonds. The number of ether oxygens (including phenoxy) is 1. The molecule has 146 valence electrons. The fourth-order valence-corrected chi connectivity index (χ4v) is 3.09. The van der Waals surface area contributed by atoms with Crippen LogP contribution in [0.25, 0.3) is 5.69 Å². The molecule has 0 aliphatic heterocycles. The van der Waals surface area contributed by atoms with Crippen LogP contribution in [-0.4, -0.2) is 42.4 Å². The van der Waals surface area contributed by atoms with Gasteiger partial charge in [0, 0.05) is 31.5 Å². The minimum Gasteiger partial charge on any atom is -0.497 e. The summed E-state index contributed by atoms with van der Waals surface area (Å²) < 4.78 is 6.84. The first kappa shape index (κ1) is 19.5. The van der Waals surface area contributed by atoms with Gasteiger partial charge in [-0.1, -0.05) is 18.2 Å². The predicted molar refractivity (Wildman–Crippen MR) is 112 cm³/mol. The van der Waals surface area contributed by atoms with Crippen LogP contribution in [0.15, 0.2) is 60.8 Å². The van der Waals surface area contributed by atoms with Gasteiger partial charge in [-0.05, 0) is 55.8 Å². The van der Waals surface area contributed by atoms with Crippen LogP contribution >= 0.6 is 0 Å². The molecule has 0 atom stereocenters. The number of aryl methyl sites for hydroxylation is 1. The number of hydrogen-bond acceptors (Lipinski definition) is 4. The first-order valence-corrected chi connectivity index (χ1v) is 9.41. The molecule has 1 heterocycles. The zero-order valence-electron chi connectivity index (χ0n) is 16.6. The Balaban J connectivity index is 1.58. The second-order valence-electron chi connectivity index (χ2n) is 6.47. The second kappa shape index (κ2) is 9.08. The number of amides is 1. The molecule has 0 aliphatic carbocycles. The van der Waals surface area contributed by atoms with Crippen molar-refractivity contribution in [3.05, 3.63) is 72.1 Å². The number of para-hydroxylation sites is 1. The minimum atomic E-state index is -0.173. The van der Waals surface area contributed by atoms with Gasteiger partial charge in [0.15, 0.2) is 5.69 Å². The Morgan fingerprint density at radius 2 is 1.89 bits per heavy atom. The maximum Gasteiger partial charge on any atom is 0.271 e. The van der Waals surface area contributed by atoms with E-state index >= 15 is 0 Å². The number of nitrogens with zero attached hydrogens (tertiary/aromatic N) is 3. The Bertz CT molecular complexity index is 918. The first-order chi connectivity index (χ1) is 13.6. The highest BCUT2D eigenvalue weighted by Gasteiger charge is 2.11. The van der Waals surface area contributed by atoms with Crippen molar-refractivity contribution in [2.75, 3.05) is 31.6 Å². The molecule has 1 aromatic heterocycles. The van der Waals surface area contributed by atoms with Crippen LogP contribution in [0, 0.1) is 6.92 Å². The SMILES string of the molecule is CCN(CCNC(=O)c1ccn(-c2ccc(OC)cc2)n1)c1ccccc1C. The van der Waals surface area contributed by atoms with E-state index in [1.807, 2.05) is 36.4 Å². The summed E-state index contributed by atoms with van der Waals surface area (Å²) in [6.07, 6.45) is 1.78. The van der Waals surface area contributed by atoms with Crippen LogP contribution in [0.3, 0.4) is 0 Å². The number of carbonyl (C=O) groups excluding carboxylic acids is 1. The number of carbonyl (C=O) groups is 1. The lowest BCUT2D eigenvalue weighted by molar-refractivity contribution is 0.0949. The van der Waals surface area contributed by atoms with Gasteiger partial charge in [0.1, 0.15) is 5.75 Å². The lowest BCUT2D eigenvalue weighted by Gasteiger charge is -2.25. The number of anilines is 1. The van der Waals surface area contributed by atoms with Gasteiger partial charge in [0.05, 0.1) is 12.8 Å². The van der Waals surface area contributed by atoms with E-state index in [1.54, 1.807) is 24.1 Å². The van der Waals surface area contributed by atoms with Crippen LogP contribution in [0.2, 0.25) is 0 Å². The predicted octanol–water partition coefficient (Wildman–Crippen LogP) is 3.45. The zero-order chi connectivity index (χ0) is 19.9. The van der Waals surface area contributed by atoms with E-state index in [1.165, 1.54) is 11.3 Å². The zero-order valence-corrected chi connectivity index (χ0v) is 16.6. The molecule has 0 unspecified atom stereocenters. The fraction of sp³-hybridized carbons (Fsp3) is 0.273. The molecule has 2 aromatic carbocycles. The molecule has 1 N–H and O–H groups in total. The van der Waals surface area contributed by atoms with Crippen LogP contribution in [0.4, 0.5) is 5.69 Å². The maximum absolute atomic E-state index is 12.4. The first-order valence-electron chi connectivity index (χ1n) is 9.41. The van der Waals surface area contributed by atoms with Crippen molar-refractivity contribution in [3.8, 4) is 11.4 Å².